The van der Waals surface area contributed by atoms with E-state index >= 15 is 0 Å². The summed E-state index contributed by atoms with van der Waals surface area (Å²) >= 11 is 1.79. The van der Waals surface area contributed by atoms with Crippen molar-refractivity contribution in [2.24, 2.45) is 5.92 Å². The van der Waals surface area contributed by atoms with E-state index in [-0.39, 0.29) is 0 Å². The summed E-state index contributed by atoms with van der Waals surface area (Å²) in [6.07, 6.45) is 1.26. The highest BCUT2D eigenvalue weighted by molar-refractivity contribution is 7.09. The first-order chi connectivity index (χ1) is 10.0. The van der Waals surface area contributed by atoms with Crippen LogP contribution >= 0.6 is 11.3 Å². The maximum Gasteiger partial charge on any atom is 0.107 e. The predicted octanol–water partition coefficient (Wildman–Crippen LogP) is 2.41. The first-order valence-electron chi connectivity index (χ1n) is 8.11. The minimum atomic E-state index is 0.613. The van der Waals surface area contributed by atoms with Crippen molar-refractivity contribution in [2.45, 2.75) is 46.3 Å². The van der Waals surface area contributed by atoms with Gasteiger partial charge in [0.15, 0.2) is 0 Å². The van der Waals surface area contributed by atoms with Crippen molar-refractivity contribution < 1.29 is 0 Å². The van der Waals surface area contributed by atoms with E-state index in [1.165, 1.54) is 30.2 Å². The van der Waals surface area contributed by atoms with Crippen LogP contribution in [0.1, 0.15) is 37.9 Å². The fourth-order valence-electron chi connectivity index (χ4n) is 2.84. The monoisotopic (exact) mass is 310 g/mol. The van der Waals surface area contributed by atoms with E-state index in [1.807, 2.05) is 0 Å². The third kappa shape index (κ3) is 5.66. The van der Waals surface area contributed by atoms with Crippen molar-refractivity contribution in [3.63, 3.8) is 0 Å². The molecule has 2 rings (SSSR count). The van der Waals surface area contributed by atoms with E-state index in [9.17, 15) is 0 Å². The van der Waals surface area contributed by atoms with Gasteiger partial charge in [-0.2, -0.15) is 0 Å². The molecule has 21 heavy (non-hydrogen) atoms. The predicted molar refractivity (Wildman–Crippen MR) is 90.6 cm³/mol. The third-order valence-corrected chi connectivity index (χ3v) is 4.88. The van der Waals surface area contributed by atoms with E-state index in [0.29, 0.717) is 12.0 Å². The van der Waals surface area contributed by atoms with Crippen LogP contribution in [-0.2, 0) is 13.1 Å². The Hall–Kier alpha value is -0.490. The molecule has 0 spiro atoms. The average molecular weight is 311 g/mol. The van der Waals surface area contributed by atoms with E-state index in [0.717, 1.165) is 26.2 Å². The Balaban J connectivity index is 1.83. The zero-order valence-electron chi connectivity index (χ0n) is 13.9. The van der Waals surface area contributed by atoms with E-state index in [4.69, 9.17) is 4.98 Å². The molecule has 0 bridgehead atoms. The molecule has 0 amide bonds. The second kappa shape index (κ2) is 8.22. The number of hydrogen-bond donors (Lipinski definition) is 1. The van der Waals surface area contributed by atoms with Gasteiger partial charge in [-0.25, -0.2) is 4.98 Å². The Kier molecular flexibility index (Phi) is 6.61. The van der Waals surface area contributed by atoms with Crippen LogP contribution in [0.4, 0.5) is 0 Å². The van der Waals surface area contributed by atoms with Crippen LogP contribution in [0.25, 0.3) is 0 Å². The lowest BCUT2D eigenvalue weighted by molar-refractivity contribution is 0.193. The average Bonchev–Trinajstić information content (AvgIpc) is 2.77. The van der Waals surface area contributed by atoms with Gasteiger partial charge < -0.3 is 10.2 Å². The smallest absolute Gasteiger partial charge is 0.107 e. The highest BCUT2D eigenvalue weighted by Crippen LogP contribution is 2.16. The number of nitrogens with one attached hydrogen (secondary N) is 1. The summed E-state index contributed by atoms with van der Waals surface area (Å²) in [4.78, 5) is 9.80. The molecule has 0 saturated carbocycles. The molecule has 1 unspecified atom stereocenters. The van der Waals surface area contributed by atoms with Crippen LogP contribution in [-0.4, -0.2) is 54.1 Å². The first-order valence-corrected chi connectivity index (χ1v) is 8.99. The molecule has 1 aliphatic heterocycles. The Bertz CT molecular complexity index is 418. The SMILES string of the molecule is CC(C)CNCc1nc(CN2CCCN(C)CC2C)cs1. The zero-order chi connectivity index (χ0) is 15.2. The second-order valence-electron chi connectivity index (χ2n) is 6.69. The number of rotatable bonds is 6. The van der Waals surface area contributed by atoms with Crippen LogP contribution in [0.2, 0.25) is 0 Å². The minimum absolute atomic E-state index is 0.613. The van der Waals surface area contributed by atoms with Crippen molar-refractivity contribution in [3.05, 3.63) is 16.1 Å². The molecule has 1 aromatic heterocycles. The highest BCUT2D eigenvalue weighted by Gasteiger charge is 2.20. The van der Waals surface area contributed by atoms with E-state index in [1.54, 1.807) is 11.3 Å². The molecular formula is C16H30N4S. The summed E-state index contributed by atoms with van der Waals surface area (Å²) in [5.41, 5.74) is 1.23. The van der Waals surface area contributed by atoms with Crippen molar-refractivity contribution in [1.82, 2.24) is 20.1 Å². The Morgan fingerprint density at radius 2 is 2.24 bits per heavy atom. The molecule has 0 radical (unpaired) electrons. The van der Waals surface area contributed by atoms with Crippen LogP contribution in [0.15, 0.2) is 5.38 Å². The summed E-state index contributed by atoms with van der Waals surface area (Å²) in [7, 11) is 2.22. The quantitative estimate of drug-likeness (QED) is 0.874. The van der Waals surface area contributed by atoms with Crippen LogP contribution in [0.5, 0.6) is 0 Å². The van der Waals surface area contributed by atoms with Gasteiger partial charge in [-0.3, -0.25) is 4.90 Å². The van der Waals surface area contributed by atoms with Gasteiger partial charge in [0.25, 0.3) is 0 Å². The molecule has 0 aromatic carbocycles. The van der Waals surface area contributed by atoms with Crippen molar-refractivity contribution in [2.75, 3.05) is 33.2 Å². The molecule has 5 heteroatoms. The van der Waals surface area contributed by atoms with Gasteiger partial charge >= 0.3 is 0 Å². The lowest BCUT2D eigenvalue weighted by Gasteiger charge is -2.27. The minimum Gasteiger partial charge on any atom is -0.310 e. The molecule has 120 valence electrons. The summed E-state index contributed by atoms with van der Waals surface area (Å²) < 4.78 is 0. The first kappa shape index (κ1) is 16.9. The third-order valence-electron chi connectivity index (χ3n) is 3.98. The summed E-state index contributed by atoms with van der Waals surface area (Å²) in [6, 6.07) is 0.613. The molecule has 1 atom stereocenters. The van der Waals surface area contributed by atoms with Gasteiger partial charge in [0.05, 0.1) is 5.69 Å². The zero-order valence-corrected chi connectivity index (χ0v) is 14.7. The van der Waals surface area contributed by atoms with Gasteiger partial charge in [0.2, 0.25) is 0 Å². The largest absolute Gasteiger partial charge is 0.310 e. The number of nitrogens with zero attached hydrogens (tertiary/aromatic N) is 3. The van der Waals surface area contributed by atoms with Crippen LogP contribution in [0, 0.1) is 5.92 Å². The Labute approximate surface area is 133 Å². The molecule has 1 fully saturated rings. The Morgan fingerprint density at radius 1 is 1.43 bits per heavy atom. The van der Waals surface area contributed by atoms with Gasteiger partial charge in [0, 0.05) is 37.6 Å². The lowest BCUT2D eigenvalue weighted by Crippen LogP contribution is -2.37. The lowest BCUT2D eigenvalue weighted by atomic mass is 10.2. The fraction of sp³-hybridized carbons (Fsp3) is 0.812. The molecule has 1 aromatic rings. The summed E-state index contributed by atoms with van der Waals surface area (Å²) in [6.45, 7) is 13.3. The molecule has 0 aliphatic carbocycles. The van der Waals surface area contributed by atoms with Gasteiger partial charge in [-0.15, -0.1) is 11.3 Å². The van der Waals surface area contributed by atoms with Gasteiger partial charge in [-0.1, -0.05) is 13.8 Å². The van der Waals surface area contributed by atoms with Crippen molar-refractivity contribution in [3.8, 4) is 0 Å². The van der Waals surface area contributed by atoms with Crippen molar-refractivity contribution >= 4 is 11.3 Å². The number of thiazole rings is 1. The molecule has 1 N–H and O–H groups in total. The number of likely N-dealkylation sites (N-methyl/N-ethyl adjacent to an activating group) is 1. The summed E-state index contributed by atoms with van der Waals surface area (Å²) in [5, 5.41) is 6.91. The number of aromatic nitrogens is 1. The van der Waals surface area contributed by atoms with Gasteiger partial charge in [0.1, 0.15) is 5.01 Å². The molecule has 1 saturated heterocycles. The van der Waals surface area contributed by atoms with Gasteiger partial charge in [-0.05, 0) is 39.4 Å². The topological polar surface area (TPSA) is 31.4 Å². The standard InChI is InChI=1S/C16H30N4S/c1-13(2)8-17-9-16-18-15(12-21-16)11-20-7-5-6-19(4)10-14(20)3/h12-14,17H,5-11H2,1-4H3. The van der Waals surface area contributed by atoms with E-state index in [2.05, 4.69) is 48.3 Å². The normalized spacial score (nSPS) is 21.9. The maximum absolute atomic E-state index is 4.79. The Morgan fingerprint density at radius 3 is 3.00 bits per heavy atom. The molecule has 4 nitrogen and oxygen atoms in total. The van der Waals surface area contributed by atoms with Crippen LogP contribution < -0.4 is 5.32 Å². The summed E-state index contributed by atoms with van der Waals surface area (Å²) in [5.74, 6) is 0.694. The second-order valence-corrected chi connectivity index (χ2v) is 7.64. The molecule has 1 aliphatic rings. The van der Waals surface area contributed by atoms with E-state index < -0.39 is 0 Å². The molecule has 2 heterocycles. The molecular weight excluding hydrogens is 280 g/mol. The van der Waals surface area contributed by atoms with Crippen molar-refractivity contribution in [1.29, 1.82) is 0 Å². The highest BCUT2D eigenvalue weighted by atomic mass is 32.1. The fourth-order valence-corrected chi connectivity index (χ4v) is 3.59. The maximum atomic E-state index is 4.79. The van der Waals surface area contributed by atoms with Crippen LogP contribution in [0.3, 0.4) is 0 Å². The number of hydrogen-bond acceptors (Lipinski definition) is 5.